The average Bonchev–Trinajstić information content (AvgIpc) is 2.77. The molecule has 0 aliphatic heterocycles. The van der Waals surface area contributed by atoms with Crippen molar-refractivity contribution >= 4 is 44.2 Å². The molecule has 0 aliphatic rings. The number of nitrogens with zero attached hydrogens (tertiary/aromatic N) is 4. The number of rotatable bonds is 4. The molecule has 17 heavy (non-hydrogen) atoms. The molecule has 0 atom stereocenters. The Hall–Kier alpha value is -0.660. The molecule has 0 aliphatic carbocycles. The molecule has 0 N–H and O–H groups in total. The molecule has 0 unspecified atom stereocenters. The van der Waals surface area contributed by atoms with E-state index in [1.807, 2.05) is 31.1 Å². The van der Waals surface area contributed by atoms with Crippen LogP contribution in [0.2, 0.25) is 0 Å². The van der Waals surface area contributed by atoms with E-state index in [0.29, 0.717) is 0 Å². The molecule has 0 spiro atoms. The highest BCUT2D eigenvalue weighted by atomic mass is 79.9. The van der Waals surface area contributed by atoms with Crippen LogP contribution in [-0.4, -0.2) is 29.3 Å². The SMILES string of the molecule is CN(C)c1nnc(SCc2ccc(Br)cn2)s1. The van der Waals surface area contributed by atoms with Crippen molar-refractivity contribution < 1.29 is 0 Å². The van der Waals surface area contributed by atoms with E-state index in [1.165, 1.54) is 0 Å². The average molecular weight is 331 g/mol. The lowest BCUT2D eigenvalue weighted by Crippen LogP contribution is -2.07. The summed E-state index contributed by atoms with van der Waals surface area (Å²) < 4.78 is 1.97. The Morgan fingerprint density at radius 3 is 2.76 bits per heavy atom. The third kappa shape index (κ3) is 3.65. The first-order chi connectivity index (χ1) is 8.15. The van der Waals surface area contributed by atoms with Gasteiger partial charge in [-0.1, -0.05) is 23.1 Å². The summed E-state index contributed by atoms with van der Waals surface area (Å²) in [6.07, 6.45) is 1.81. The molecule has 0 fully saturated rings. The Morgan fingerprint density at radius 2 is 2.18 bits per heavy atom. The molecule has 2 aromatic rings. The van der Waals surface area contributed by atoms with Gasteiger partial charge in [-0.25, -0.2) is 0 Å². The fourth-order valence-corrected chi connectivity index (χ4v) is 2.98. The van der Waals surface area contributed by atoms with Gasteiger partial charge in [0.1, 0.15) is 0 Å². The van der Waals surface area contributed by atoms with Crippen LogP contribution in [0, 0.1) is 0 Å². The molecule has 0 radical (unpaired) electrons. The lowest BCUT2D eigenvalue weighted by molar-refractivity contribution is 0.972. The second-order valence-corrected chi connectivity index (χ2v) is 6.60. The Labute approximate surface area is 117 Å². The van der Waals surface area contributed by atoms with Crippen molar-refractivity contribution in [2.24, 2.45) is 0 Å². The number of hydrogen-bond donors (Lipinski definition) is 0. The van der Waals surface area contributed by atoms with Crippen LogP contribution in [0.15, 0.2) is 27.1 Å². The predicted octanol–water partition coefficient (Wildman–Crippen LogP) is 3.05. The van der Waals surface area contributed by atoms with Crippen molar-refractivity contribution in [2.45, 2.75) is 10.1 Å². The number of hydrogen-bond acceptors (Lipinski definition) is 6. The van der Waals surface area contributed by atoms with Gasteiger partial charge in [0.25, 0.3) is 0 Å². The zero-order valence-corrected chi connectivity index (χ0v) is 12.6. The van der Waals surface area contributed by atoms with Gasteiger partial charge < -0.3 is 4.90 Å². The fraction of sp³-hybridized carbons (Fsp3) is 0.300. The van der Waals surface area contributed by atoms with Gasteiger partial charge in [-0.05, 0) is 28.1 Å². The predicted molar refractivity (Wildman–Crippen MR) is 75.7 cm³/mol. The van der Waals surface area contributed by atoms with E-state index >= 15 is 0 Å². The summed E-state index contributed by atoms with van der Waals surface area (Å²) in [7, 11) is 3.93. The van der Waals surface area contributed by atoms with Crippen LogP contribution >= 0.6 is 39.0 Å². The second kappa shape index (κ2) is 5.79. The molecule has 2 heterocycles. The molecule has 0 saturated heterocycles. The molecule has 7 heteroatoms. The standard InChI is InChI=1S/C10H11BrN4S2/c1-15(2)9-13-14-10(17-9)16-6-8-4-3-7(11)5-12-8/h3-5H,6H2,1-2H3. The number of thioether (sulfide) groups is 1. The van der Waals surface area contributed by atoms with E-state index < -0.39 is 0 Å². The number of anilines is 1. The topological polar surface area (TPSA) is 41.9 Å². The molecule has 0 amide bonds. The molecular weight excluding hydrogens is 320 g/mol. The van der Waals surface area contributed by atoms with E-state index in [1.54, 1.807) is 29.3 Å². The highest BCUT2D eigenvalue weighted by molar-refractivity contribution is 9.10. The van der Waals surface area contributed by atoms with Crippen LogP contribution < -0.4 is 4.90 Å². The molecular formula is C10H11BrN4S2. The van der Waals surface area contributed by atoms with E-state index in [9.17, 15) is 0 Å². The van der Waals surface area contributed by atoms with Crippen molar-refractivity contribution in [3.63, 3.8) is 0 Å². The normalized spacial score (nSPS) is 10.5. The van der Waals surface area contributed by atoms with E-state index in [0.717, 1.165) is 25.4 Å². The summed E-state index contributed by atoms with van der Waals surface area (Å²) >= 11 is 6.62. The minimum absolute atomic E-state index is 0.815. The quantitative estimate of drug-likeness (QED) is 0.806. The Kier molecular flexibility index (Phi) is 4.36. The maximum Gasteiger partial charge on any atom is 0.208 e. The maximum absolute atomic E-state index is 4.31. The van der Waals surface area contributed by atoms with Crippen LogP contribution in [0.3, 0.4) is 0 Å². The van der Waals surface area contributed by atoms with Crippen molar-refractivity contribution in [1.82, 2.24) is 15.2 Å². The third-order valence-electron chi connectivity index (χ3n) is 1.91. The minimum Gasteiger partial charge on any atom is -0.353 e. The van der Waals surface area contributed by atoms with Crippen LogP contribution in [-0.2, 0) is 5.75 Å². The van der Waals surface area contributed by atoms with Gasteiger partial charge >= 0.3 is 0 Å². The number of halogens is 1. The minimum atomic E-state index is 0.815. The van der Waals surface area contributed by atoms with Gasteiger partial charge in [-0.15, -0.1) is 10.2 Å². The zero-order valence-electron chi connectivity index (χ0n) is 9.42. The summed E-state index contributed by atoms with van der Waals surface area (Å²) in [4.78, 5) is 6.27. The first-order valence-corrected chi connectivity index (χ1v) is 7.49. The second-order valence-electron chi connectivity index (χ2n) is 3.50. The first-order valence-electron chi connectivity index (χ1n) is 4.89. The van der Waals surface area contributed by atoms with Crippen molar-refractivity contribution in [2.75, 3.05) is 19.0 Å². The first kappa shape index (κ1) is 12.8. The van der Waals surface area contributed by atoms with Crippen LogP contribution in [0.4, 0.5) is 5.13 Å². The summed E-state index contributed by atoms with van der Waals surface area (Å²) in [5.41, 5.74) is 1.04. The summed E-state index contributed by atoms with van der Waals surface area (Å²) in [5.74, 6) is 0.815. The monoisotopic (exact) mass is 330 g/mol. The summed E-state index contributed by atoms with van der Waals surface area (Å²) in [6.45, 7) is 0. The third-order valence-corrected chi connectivity index (χ3v) is 4.64. The van der Waals surface area contributed by atoms with Gasteiger partial charge in [-0.2, -0.15) is 0 Å². The Bertz CT molecular complexity index is 483. The Morgan fingerprint density at radius 1 is 1.35 bits per heavy atom. The highest BCUT2D eigenvalue weighted by Gasteiger charge is 2.06. The fourth-order valence-electron chi connectivity index (χ4n) is 1.07. The smallest absolute Gasteiger partial charge is 0.208 e. The lowest BCUT2D eigenvalue weighted by Gasteiger charge is -2.03. The van der Waals surface area contributed by atoms with Gasteiger partial charge in [0.15, 0.2) is 4.34 Å². The van der Waals surface area contributed by atoms with Crippen molar-refractivity contribution in [3.8, 4) is 0 Å². The summed E-state index contributed by atoms with van der Waals surface area (Å²) in [5, 5.41) is 9.14. The molecule has 2 rings (SSSR count). The molecule has 0 saturated carbocycles. The van der Waals surface area contributed by atoms with E-state index in [4.69, 9.17) is 0 Å². The van der Waals surface area contributed by atoms with Gasteiger partial charge in [-0.3, -0.25) is 4.98 Å². The lowest BCUT2D eigenvalue weighted by atomic mass is 10.4. The number of pyridine rings is 1. The molecule has 0 aromatic carbocycles. The van der Waals surface area contributed by atoms with Gasteiger partial charge in [0, 0.05) is 30.5 Å². The van der Waals surface area contributed by atoms with Crippen LogP contribution in [0.1, 0.15) is 5.69 Å². The molecule has 2 aromatic heterocycles. The molecule has 0 bridgehead atoms. The van der Waals surface area contributed by atoms with Crippen LogP contribution in [0.25, 0.3) is 0 Å². The highest BCUT2D eigenvalue weighted by Crippen LogP contribution is 2.28. The van der Waals surface area contributed by atoms with Crippen LogP contribution in [0.5, 0.6) is 0 Å². The summed E-state index contributed by atoms with van der Waals surface area (Å²) in [6, 6.07) is 4.00. The molecule has 4 nitrogen and oxygen atoms in total. The van der Waals surface area contributed by atoms with E-state index in [-0.39, 0.29) is 0 Å². The Balaban J connectivity index is 1.95. The van der Waals surface area contributed by atoms with Crippen molar-refractivity contribution in [1.29, 1.82) is 0 Å². The van der Waals surface area contributed by atoms with Crippen molar-refractivity contribution in [3.05, 3.63) is 28.5 Å². The zero-order chi connectivity index (χ0) is 12.3. The maximum atomic E-state index is 4.31. The largest absolute Gasteiger partial charge is 0.353 e. The molecule has 90 valence electrons. The number of aromatic nitrogens is 3. The van der Waals surface area contributed by atoms with E-state index in [2.05, 4.69) is 31.1 Å². The van der Waals surface area contributed by atoms with Gasteiger partial charge in [0.05, 0.1) is 5.69 Å². The van der Waals surface area contributed by atoms with Gasteiger partial charge in [0.2, 0.25) is 5.13 Å².